The van der Waals surface area contributed by atoms with Gasteiger partial charge in [0.25, 0.3) is 5.91 Å². The fourth-order valence-electron chi connectivity index (χ4n) is 6.44. The van der Waals surface area contributed by atoms with Crippen molar-refractivity contribution in [1.82, 2.24) is 15.2 Å². The predicted octanol–water partition coefficient (Wildman–Crippen LogP) is 7.92. The monoisotopic (exact) mass is 765 g/mol. The largest absolute Gasteiger partial charge is 0.460 e. The summed E-state index contributed by atoms with van der Waals surface area (Å²) in [5, 5.41) is 2.81. The van der Waals surface area contributed by atoms with Gasteiger partial charge in [0.1, 0.15) is 24.6 Å². The molecule has 54 heavy (non-hydrogen) atoms. The average Bonchev–Trinajstić information content (AvgIpc) is 3.78. The van der Waals surface area contributed by atoms with Crippen LogP contribution in [0.1, 0.15) is 89.2 Å². The highest BCUT2D eigenvalue weighted by molar-refractivity contribution is 6.74. The summed E-state index contributed by atoms with van der Waals surface area (Å²) in [5.74, 6) is -1.61. The van der Waals surface area contributed by atoms with Crippen LogP contribution >= 0.6 is 0 Å². The Morgan fingerprint density at radius 3 is 2.56 bits per heavy atom. The van der Waals surface area contributed by atoms with Gasteiger partial charge in [0, 0.05) is 32.0 Å². The molecule has 1 fully saturated rings. The molecule has 0 radical (unpaired) electrons. The van der Waals surface area contributed by atoms with Crippen molar-refractivity contribution >= 4 is 26.1 Å². The summed E-state index contributed by atoms with van der Waals surface area (Å²) in [4.78, 5) is 46.4. The number of nitrogens with zero attached hydrogens (tertiary/aromatic N) is 2. The van der Waals surface area contributed by atoms with Crippen molar-refractivity contribution in [3.05, 3.63) is 89.7 Å². The Kier molecular flexibility index (Phi) is 15.6. The molecule has 2 unspecified atom stereocenters. The Hall–Kier alpha value is -3.87. The fourth-order valence-corrected chi connectivity index (χ4v) is 7.72. The van der Waals surface area contributed by atoms with Gasteiger partial charge < -0.3 is 28.5 Å². The number of esters is 1. The Balaban J connectivity index is 1.61. The molecule has 296 valence electrons. The lowest BCUT2D eigenvalue weighted by Crippen LogP contribution is -2.44. The number of hydrogen-bond acceptors (Lipinski definition) is 8. The predicted molar refractivity (Wildman–Crippen MR) is 210 cm³/mol. The zero-order valence-electron chi connectivity index (χ0n) is 33.3. The van der Waals surface area contributed by atoms with Crippen LogP contribution in [0.3, 0.4) is 0 Å². The first-order valence-electron chi connectivity index (χ1n) is 19.2. The second-order valence-electron chi connectivity index (χ2n) is 16.3. The molecule has 2 aliphatic heterocycles. The molecule has 0 saturated carbocycles. The van der Waals surface area contributed by atoms with Gasteiger partial charge in [0.2, 0.25) is 5.91 Å². The maximum Gasteiger partial charge on any atom is 0.329 e. The Morgan fingerprint density at radius 1 is 1.11 bits per heavy atom. The van der Waals surface area contributed by atoms with Gasteiger partial charge in [0.15, 0.2) is 19.9 Å². The summed E-state index contributed by atoms with van der Waals surface area (Å²) in [6.07, 6.45) is 9.18. The first-order chi connectivity index (χ1) is 25.5. The third-order valence-electron chi connectivity index (χ3n) is 10.4. The standard InChI is InChI=1S/C42H60FN3O7Si/c1-29(2)39-32(20-23-50-27-31-15-10-9-11-16-31)18-19-37(47)44-21-12-14-30(3)24-34(53-54(7,8)42(4,5)6)25-33(43)26-38-45-35(28-51-38)40(48)46-22-13-17-36(46)41(49)52-39/h9-12,14-16,18-19,24,28-29,32-34,36,39H,13,17,20-23,25-27H2,1-8H3,(H,44,47)/b14-12?,19-18+,30-24?/t32-,33+,34?,36+,39?/m0/s1. The molecule has 12 heteroatoms. The van der Waals surface area contributed by atoms with Crippen molar-refractivity contribution in [2.45, 2.75) is 123 Å². The van der Waals surface area contributed by atoms with E-state index in [0.717, 1.165) is 11.1 Å². The van der Waals surface area contributed by atoms with Gasteiger partial charge in [-0.05, 0) is 61.9 Å². The molecule has 3 heterocycles. The quantitative estimate of drug-likeness (QED) is 0.164. The lowest BCUT2D eigenvalue weighted by Gasteiger charge is -2.39. The van der Waals surface area contributed by atoms with Crippen LogP contribution in [0.5, 0.6) is 0 Å². The molecule has 5 atom stereocenters. The number of nitrogens with one attached hydrogen (secondary N) is 1. The number of amides is 2. The summed E-state index contributed by atoms with van der Waals surface area (Å²) in [6, 6.07) is 9.04. The molecule has 1 saturated heterocycles. The number of hydrogen-bond donors (Lipinski definition) is 1. The maximum absolute atomic E-state index is 15.7. The minimum Gasteiger partial charge on any atom is -0.460 e. The van der Waals surface area contributed by atoms with Crippen molar-refractivity contribution in [3.8, 4) is 0 Å². The second-order valence-corrected chi connectivity index (χ2v) is 21.0. The van der Waals surface area contributed by atoms with E-state index in [2.05, 4.69) is 44.2 Å². The Bertz CT molecular complexity index is 1630. The average molecular weight is 766 g/mol. The van der Waals surface area contributed by atoms with E-state index in [0.29, 0.717) is 39.0 Å². The number of carbonyl (C=O) groups excluding carboxylic acids is 3. The molecule has 4 rings (SSSR count). The molecule has 0 spiro atoms. The number of rotatable bonds is 8. The second kappa shape index (κ2) is 19.6. The van der Waals surface area contributed by atoms with Crippen molar-refractivity contribution < 1.29 is 37.1 Å². The number of fused-ring (bicyclic) bond motifs is 3. The van der Waals surface area contributed by atoms with Crippen molar-refractivity contribution in [2.75, 3.05) is 19.7 Å². The van der Waals surface area contributed by atoms with Crippen LogP contribution in [-0.4, -0.2) is 80.1 Å². The van der Waals surface area contributed by atoms with Crippen LogP contribution in [0.15, 0.2) is 77.0 Å². The normalized spacial score (nSPS) is 24.9. The van der Waals surface area contributed by atoms with E-state index >= 15 is 4.39 Å². The van der Waals surface area contributed by atoms with Gasteiger partial charge in [-0.2, -0.15) is 0 Å². The summed E-state index contributed by atoms with van der Waals surface area (Å²) >= 11 is 0. The van der Waals surface area contributed by atoms with E-state index in [1.807, 2.05) is 69.3 Å². The topological polar surface area (TPSA) is 120 Å². The molecule has 1 N–H and O–H groups in total. The zero-order valence-corrected chi connectivity index (χ0v) is 34.3. The van der Waals surface area contributed by atoms with Crippen LogP contribution < -0.4 is 5.32 Å². The van der Waals surface area contributed by atoms with Gasteiger partial charge >= 0.3 is 5.97 Å². The van der Waals surface area contributed by atoms with Gasteiger partial charge in [-0.15, -0.1) is 0 Å². The van der Waals surface area contributed by atoms with Crippen LogP contribution in [0, 0.1) is 11.8 Å². The minimum atomic E-state index is -2.28. The van der Waals surface area contributed by atoms with Crippen LogP contribution in [-0.2, 0) is 36.5 Å². The van der Waals surface area contributed by atoms with Crippen molar-refractivity contribution in [3.63, 3.8) is 0 Å². The molecule has 2 aliphatic rings. The third-order valence-corrected chi connectivity index (χ3v) is 15.0. The van der Waals surface area contributed by atoms with Gasteiger partial charge in [0.05, 0.1) is 19.1 Å². The number of benzene rings is 1. The smallest absolute Gasteiger partial charge is 0.329 e. The van der Waals surface area contributed by atoms with Gasteiger partial charge in [-0.25, -0.2) is 14.2 Å². The molecule has 2 amide bonds. The summed E-state index contributed by atoms with van der Waals surface area (Å²) in [5.41, 5.74) is 1.94. The Morgan fingerprint density at radius 2 is 1.85 bits per heavy atom. The zero-order chi connectivity index (χ0) is 39.5. The number of carbonyl (C=O) groups is 3. The fraction of sp³-hybridized carbons (Fsp3) is 0.571. The van der Waals surface area contributed by atoms with E-state index in [-0.39, 0.29) is 53.8 Å². The van der Waals surface area contributed by atoms with Crippen molar-refractivity contribution in [2.24, 2.45) is 11.8 Å². The molecule has 0 aliphatic carbocycles. The Labute approximate surface area is 321 Å². The number of alkyl halides is 1. The number of cyclic esters (lactones) is 1. The molecular formula is C42H60FN3O7Si. The van der Waals surface area contributed by atoms with E-state index in [9.17, 15) is 14.4 Å². The third kappa shape index (κ3) is 12.6. The molecular weight excluding hydrogens is 706 g/mol. The lowest BCUT2D eigenvalue weighted by molar-refractivity contribution is -0.158. The summed E-state index contributed by atoms with van der Waals surface area (Å²) in [6.45, 7) is 18.0. The number of aromatic nitrogens is 1. The van der Waals surface area contributed by atoms with Gasteiger partial charge in [-0.3, -0.25) is 9.59 Å². The first kappa shape index (κ1) is 42.9. The van der Waals surface area contributed by atoms with Crippen LogP contribution in [0.4, 0.5) is 4.39 Å². The summed E-state index contributed by atoms with van der Waals surface area (Å²) in [7, 11) is -2.28. The van der Waals surface area contributed by atoms with E-state index in [1.54, 1.807) is 6.08 Å². The number of ether oxygens (including phenoxy) is 2. The highest BCUT2D eigenvalue weighted by atomic mass is 28.4. The summed E-state index contributed by atoms with van der Waals surface area (Å²) < 4.78 is 40.2. The maximum atomic E-state index is 15.7. The highest BCUT2D eigenvalue weighted by Crippen LogP contribution is 2.38. The highest BCUT2D eigenvalue weighted by Gasteiger charge is 2.41. The lowest BCUT2D eigenvalue weighted by atomic mass is 9.90. The SMILES string of the molecule is CC1=CC(O[Si](C)(C)C(C)(C)C)C[C@@H](F)Cc2nc(co2)C(=O)N2CCC[C@@H]2C(=O)OC(C(C)C)[C@H](CCOCc2ccccc2)/C=C/C(=O)NCC=C1. The molecule has 1 aromatic heterocycles. The van der Waals surface area contributed by atoms with Crippen LogP contribution in [0.25, 0.3) is 0 Å². The minimum absolute atomic E-state index is 0.0213. The number of halogens is 1. The number of oxazole rings is 1. The molecule has 2 aromatic rings. The van der Waals surface area contributed by atoms with Gasteiger partial charge in [-0.1, -0.05) is 94.8 Å². The van der Waals surface area contributed by atoms with E-state index in [4.69, 9.17) is 18.3 Å². The molecule has 1 aromatic carbocycles. The molecule has 2 bridgehead atoms. The van der Waals surface area contributed by atoms with E-state index < -0.39 is 44.6 Å². The van der Waals surface area contributed by atoms with Crippen LogP contribution in [0.2, 0.25) is 18.1 Å². The molecule has 10 nitrogen and oxygen atoms in total. The van der Waals surface area contributed by atoms with Crippen molar-refractivity contribution in [1.29, 1.82) is 0 Å². The van der Waals surface area contributed by atoms with E-state index in [1.165, 1.54) is 17.2 Å². The first-order valence-corrected chi connectivity index (χ1v) is 22.1. The number of allylic oxidation sites excluding steroid dienone is 2.